The highest BCUT2D eigenvalue weighted by Crippen LogP contribution is 2.26. The van der Waals surface area contributed by atoms with Gasteiger partial charge < -0.3 is 59.8 Å². The summed E-state index contributed by atoms with van der Waals surface area (Å²) in [7, 11) is 0. The van der Waals surface area contributed by atoms with Crippen LogP contribution in [0.25, 0.3) is 0 Å². The molecule has 8 N–H and O–H groups in total. The Bertz CT molecular complexity index is 396. The summed E-state index contributed by atoms with van der Waals surface area (Å²) in [4.78, 5) is 0. The molecule has 12 nitrogen and oxygen atoms in total. The van der Waals surface area contributed by atoms with Crippen LogP contribution in [0.4, 0.5) is 0 Å². The summed E-state index contributed by atoms with van der Waals surface area (Å²) in [6.07, 6.45) is -16.1. The van der Waals surface area contributed by atoms with E-state index < -0.39 is 80.9 Å². The molecule has 0 aliphatic carbocycles. The van der Waals surface area contributed by atoms with Gasteiger partial charge in [-0.15, -0.1) is 0 Å². The SMILES string of the molecule is CC(O[C@@H]1O[C@H](CO)[C@@H](O)[C@H](O)[C@H]1O)O[C@@H]1O[C@H](CO)[C@@H](O)[C@H](O)[C@H]1O. The van der Waals surface area contributed by atoms with Gasteiger partial charge in [-0.1, -0.05) is 0 Å². The number of ether oxygens (including phenoxy) is 4. The lowest BCUT2D eigenvalue weighted by Crippen LogP contribution is -2.61. The Balaban J connectivity index is 1.96. The van der Waals surface area contributed by atoms with Crippen LogP contribution >= 0.6 is 0 Å². The molecule has 154 valence electrons. The second-order valence-electron chi connectivity index (χ2n) is 6.23. The molecule has 0 aromatic rings. The highest BCUT2D eigenvalue weighted by atomic mass is 16.8. The Morgan fingerprint density at radius 3 is 1.31 bits per heavy atom. The van der Waals surface area contributed by atoms with E-state index in [2.05, 4.69) is 0 Å². The van der Waals surface area contributed by atoms with E-state index in [9.17, 15) is 30.6 Å². The maximum absolute atomic E-state index is 9.90. The van der Waals surface area contributed by atoms with Crippen LogP contribution in [-0.2, 0) is 18.9 Å². The summed E-state index contributed by atoms with van der Waals surface area (Å²) in [5.41, 5.74) is 0. The predicted molar refractivity (Wildman–Crippen MR) is 79.2 cm³/mol. The topological polar surface area (TPSA) is 199 Å². The number of hydrogen-bond acceptors (Lipinski definition) is 12. The highest BCUT2D eigenvalue weighted by Gasteiger charge is 2.47. The van der Waals surface area contributed by atoms with Gasteiger partial charge in [0.15, 0.2) is 18.9 Å². The monoisotopic (exact) mass is 386 g/mol. The van der Waals surface area contributed by atoms with Crippen molar-refractivity contribution in [3.05, 3.63) is 0 Å². The fourth-order valence-corrected chi connectivity index (χ4v) is 2.77. The molecule has 0 aromatic heterocycles. The first kappa shape index (κ1) is 21.8. The standard InChI is InChI=1S/C14H26O12/c1-4(23-13-11(21)9(19)7(17)5(2-15)25-13)24-14-12(22)10(20)8(18)6(3-16)26-14/h4-22H,2-3H2,1H3/t5-,6-,7-,8-,9+,10+,11-,12-,13-,14-/m1/s1. The van der Waals surface area contributed by atoms with Crippen molar-refractivity contribution in [2.24, 2.45) is 0 Å². The number of rotatable bonds is 6. The highest BCUT2D eigenvalue weighted by molar-refractivity contribution is 4.90. The van der Waals surface area contributed by atoms with Gasteiger partial charge in [0, 0.05) is 0 Å². The normalized spacial score (nSPS) is 47.3. The van der Waals surface area contributed by atoms with Crippen molar-refractivity contribution in [2.45, 2.75) is 74.6 Å². The van der Waals surface area contributed by atoms with Crippen LogP contribution in [0.15, 0.2) is 0 Å². The lowest BCUT2D eigenvalue weighted by atomic mass is 9.99. The first-order chi connectivity index (χ1) is 12.2. The van der Waals surface area contributed by atoms with Crippen molar-refractivity contribution >= 4 is 0 Å². The van der Waals surface area contributed by atoms with Crippen LogP contribution in [0.1, 0.15) is 6.92 Å². The van der Waals surface area contributed by atoms with Crippen LogP contribution in [-0.4, -0.2) is 122 Å². The van der Waals surface area contributed by atoms with Crippen LogP contribution in [0, 0.1) is 0 Å². The zero-order valence-corrected chi connectivity index (χ0v) is 14.0. The van der Waals surface area contributed by atoms with E-state index in [0.29, 0.717) is 0 Å². The fraction of sp³-hybridized carbons (Fsp3) is 1.00. The zero-order chi connectivity index (χ0) is 19.6. The summed E-state index contributed by atoms with van der Waals surface area (Å²) in [5, 5.41) is 76.9. The van der Waals surface area contributed by atoms with E-state index in [0.717, 1.165) is 0 Å². The van der Waals surface area contributed by atoms with E-state index >= 15 is 0 Å². The van der Waals surface area contributed by atoms with Crippen LogP contribution in [0.5, 0.6) is 0 Å². The van der Waals surface area contributed by atoms with Crippen molar-refractivity contribution in [3.8, 4) is 0 Å². The smallest absolute Gasteiger partial charge is 0.189 e. The summed E-state index contributed by atoms with van der Waals surface area (Å²) in [5.74, 6) is 0. The van der Waals surface area contributed by atoms with Gasteiger partial charge in [-0.05, 0) is 6.92 Å². The first-order valence-electron chi connectivity index (χ1n) is 8.13. The van der Waals surface area contributed by atoms with Gasteiger partial charge in [0.1, 0.15) is 48.8 Å². The van der Waals surface area contributed by atoms with E-state index in [1.807, 2.05) is 0 Å². The minimum atomic E-state index is -1.64. The molecule has 0 spiro atoms. The number of aliphatic hydroxyl groups excluding tert-OH is 8. The molecule has 2 heterocycles. The average molecular weight is 386 g/mol. The Morgan fingerprint density at radius 2 is 1.00 bits per heavy atom. The van der Waals surface area contributed by atoms with Gasteiger partial charge in [0.25, 0.3) is 0 Å². The molecule has 2 aliphatic rings. The maximum Gasteiger partial charge on any atom is 0.189 e. The van der Waals surface area contributed by atoms with Crippen molar-refractivity contribution in [3.63, 3.8) is 0 Å². The van der Waals surface area contributed by atoms with Crippen LogP contribution in [0.3, 0.4) is 0 Å². The Kier molecular flexibility index (Phi) is 7.67. The minimum Gasteiger partial charge on any atom is -0.394 e. The minimum absolute atomic E-state index is 0.632. The Morgan fingerprint density at radius 1 is 0.654 bits per heavy atom. The molecule has 12 heteroatoms. The molecule has 0 radical (unpaired) electrons. The third-order valence-electron chi connectivity index (χ3n) is 4.35. The summed E-state index contributed by atoms with van der Waals surface area (Å²) in [6.45, 7) is 0.0718. The molecule has 2 fully saturated rings. The van der Waals surface area contributed by atoms with Crippen molar-refractivity contribution < 1.29 is 59.8 Å². The van der Waals surface area contributed by atoms with E-state index in [4.69, 9.17) is 29.2 Å². The third-order valence-corrected chi connectivity index (χ3v) is 4.35. The lowest BCUT2D eigenvalue weighted by Gasteiger charge is -2.42. The molecule has 2 aliphatic heterocycles. The average Bonchev–Trinajstić information content (AvgIpc) is 2.62. The van der Waals surface area contributed by atoms with E-state index in [1.54, 1.807) is 0 Å². The molecular formula is C14H26O12. The number of aliphatic hydroxyl groups is 8. The Hall–Kier alpha value is -0.480. The first-order valence-corrected chi connectivity index (χ1v) is 8.13. The van der Waals surface area contributed by atoms with Crippen LogP contribution in [0.2, 0.25) is 0 Å². The summed E-state index contributed by atoms with van der Waals surface area (Å²) >= 11 is 0. The lowest BCUT2D eigenvalue weighted by molar-refractivity contribution is -0.374. The van der Waals surface area contributed by atoms with Crippen molar-refractivity contribution in [1.82, 2.24) is 0 Å². The second kappa shape index (κ2) is 9.14. The van der Waals surface area contributed by atoms with Crippen LogP contribution < -0.4 is 0 Å². The molecule has 2 rings (SSSR count). The fourth-order valence-electron chi connectivity index (χ4n) is 2.77. The van der Waals surface area contributed by atoms with Gasteiger partial charge in [0.2, 0.25) is 0 Å². The zero-order valence-electron chi connectivity index (χ0n) is 14.0. The molecule has 26 heavy (non-hydrogen) atoms. The van der Waals surface area contributed by atoms with Gasteiger partial charge in [-0.3, -0.25) is 0 Å². The molecule has 0 amide bonds. The summed E-state index contributed by atoms with van der Waals surface area (Å²) < 4.78 is 20.8. The van der Waals surface area contributed by atoms with Gasteiger partial charge in [-0.25, -0.2) is 0 Å². The van der Waals surface area contributed by atoms with E-state index in [1.165, 1.54) is 6.92 Å². The molecule has 0 saturated carbocycles. The van der Waals surface area contributed by atoms with Crippen molar-refractivity contribution in [2.75, 3.05) is 13.2 Å². The molecule has 0 aromatic carbocycles. The summed E-state index contributed by atoms with van der Waals surface area (Å²) in [6, 6.07) is 0. The van der Waals surface area contributed by atoms with Gasteiger partial charge in [-0.2, -0.15) is 0 Å². The third kappa shape index (κ3) is 4.49. The number of hydrogen-bond donors (Lipinski definition) is 8. The predicted octanol–water partition coefficient (Wildman–Crippen LogP) is -5.03. The molecule has 10 atom stereocenters. The van der Waals surface area contributed by atoms with E-state index in [-0.39, 0.29) is 0 Å². The molecule has 2 saturated heterocycles. The Labute approximate surface area is 148 Å². The van der Waals surface area contributed by atoms with Gasteiger partial charge >= 0.3 is 0 Å². The molecule has 0 unspecified atom stereocenters. The molecular weight excluding hydrogens is 360 g/mol. The van der Waals surface area contributed by atoms with Gasteiger partial charge in [0.05, 0.1) is 13.2 Å². The molecule has 0 bridgehead atoms. The quantitative estimate of drug-likeness (QED) is 0.202. The largest absolute Gasteiger partial charge is 0.394 e. The van der Waals surface area contributed by atoms with Crippen molar-refractivity contribution in [1.29, 1.82) is 0 Å². The maximum atomic E-state index is 9.90. The second-order valence-corrected chi connectivity index (χ2v) is 6.23.